The molecule has 1 aromatic carbocycles. The lowest BCUT2D eigenvalue weighted by Crippen LogP contribution is -2.32. The lowest BCUT2D eigenvalue weighted by atomic mass is 10.3. The maximum atomic E-state index is 7.26. The molecule has 0 fully saturated rings. The van der Waals surface area contributed by atoms with Crippen LogP contribution in [0.3, 0.4) is 0 Å². The van der Waals surface area contributed by atoms with Crippen molar-refractivity contribution < 1.29 is 4.74 Å². The predicted octanol–water partition coefficient (Wildman–Crippen LogP) is 1.02. The van der Waals surface area contributed by atoms with Gasteiger partial charge in [0.1, 0.15) is 5.75 Å². The summed E-state index contributed by atoms with van der Waals surface area (Å²) in [6.07, 6.45) is 0. The van der Waals surface area contributed by atoms with E-state index in [-0.39, 0.29) is 5.96 Å². The van der Waals surface area contributed by atoms with Crippen molar-refractivity contribution >= 4 is 11.6 Å². The standard InChI is InChI=1S/C9H13N3O/c1-12(9(10)11)7-5-3-4-6-8(7)13-2/h3-6H,1-2H3,(H3,10,11). The van der Waals surface area contributed by atoms with Crippen LogP contribution >= 0.6 is 0 Å². The number of nitrogens with two attached hydrogens (primary N) is 1. The van der Waals surface area contributed by atoms with E-state index in [1.807, 2.05) is 24.3 Å². The summed E-state index contributed by atoms with van der Waals surface area (Å²) in [7, 11) is 3.31. The van der Waals surface area contributed by atoms with Gasteiger partial charge in [-0.2, -0.15) is 0 Å². The third-order valence-corrected chi connectivity index (χ3v) is 1.81. The van der Waals surface area contributed by atoms with Crippen molar-refractivity contribution in [1.29, 1.82) is 5.41 Å². The highest BCUT2D eigenvalue weighted by Gasteiger charge is 2.08. The van der Waals surface area contributed by atoms with Crippen LogP contribution < -0.4 is 15.4 Å². The molecule has 0 spiro atoms. The lowest BCUT2D eigenvalue weighted by molar-refractivity contribution is 0.416. The molecule has 13 heavy (non-hydrogen) atoms. The van der Waals surface area contributed by atoms with Gasteiger partial charge < -0.3 is 15.4 Å². The number of guanidine groups is 1. The molecular weight excluding hydrogens is 166 g/mol. The van der Waals surface area contributed by atoms with Crippen molar-refractivity contribution in [2.75, 3.05) is 19.1 Å². The van der Waals surface area contributed by atoms with E-state index in [0.717, 1.165) is 5.69 Å². The molecule has 0 heterocycles. The molecule has 0 aliphatic rings. The van der Waals surface area contributed by atoms with E-state index < -0.39 is 0 Å². The average molecular weight is 179 g/mol. The smallest absolute Gasteiger partial charge is 0.192 e. The molecule has 4 nitrogen and oxygen atoms in total. The maximum Gasteiger partial charge on any atom is 0.192 e. The number of ether oxygens (including phenoxy) is 1. The highest BCUT2D eigenvalue weighted by atomic mass is 16.5. The van der Waals surface area contributed by atoms with Gasteiger partial charge in [0.05, 0.1) is 12.8 Å². The van der Waals surface area contributed by atoms with Crippen LogP contribution in [0.4, 0.5) is 5.69 Å². The first-order chi connectivity index (χ1) is 6.16. The van der Waals surface area contributed by atoms with E-state index in [1.54, 1.807) is 19.1 Å². The Morgan fingerprint density at radius 1 is 1.46 bits per heavy atom. The molecule has 0 unspecified atom stereocenters. The van der Waals surface area contributed by atoms with Crippen molar-refractivity contribution in [1.82, 2.24) is 0 Å². The van der Waals surface area contributed by atoms with E-state index in [0.29, 0.717) is 5.75 Å². The van der Waals surface area contributed by atoms with Crippen LogP contribution in [-0.4, -0.2) is 20.1 Å². The van der Waals surface area contributed by atoms with E-state index in [2.05, 4.69) is 0 Å². The van der Waals surface area contributed by atoms with E-state index in [9.17, 15) is 0 Å². The summed E-state index contributed by atoms with van der Waals surface area (Å²) in [6, 6.07) is 7.42. The molecular formula is C9H13N3O. The first kappa shape index (κ1) is 9.38. The SMILES string of the molecule is COc1ccccc1N(C)C(=N)N. The van der Waals surface area contributed by atoms with Crippen LogP contribution in [0.15, 0.2) is 24.3 Å². The predicted molar refractivity (Wildman–Crippen MR) is 53.3 cm³/mol. The summed E-state index contributed by atoms with van der Waals surface area (Å²) in [6.45, 7) is 0. The molecule has 0 saturated carbocycles. The Bertz CT molecular complexity index is 311. The third-order valence-electron chi connectivity index (χ3n) is 1.81. The molecule has 0 bridgehead atoms. The minimum absolute atomic E-state index is 0.00972. The van der Waals surface area contributed by atoms with E-state index >= 15 is 0 Å². The summed E-state index contributed by atoms with van der Waals surface area (Å²) in [5.41, 5.74) is 6.13. The average Bonchev–Trinajstić information content (AvgIpc) is 2.16. The van der Waals surface area contributed by atoms with Gasteiger partial charge in [-0.1, -0.05) is 12.1 Å². The van der Waals surface area contributed by atoms with Gasteiger partial charge in [0.2, 0.25) is 0 Å². The molecule has 0 radical (unpaired) electrons. The second kappa shape index (κ2) is 3.80. The summed E-state index contributed by atoms with van der Waals surface area (Å²) >= 11 is 0. The normalized spacial score (nSPS) is 9.38. The van der Waals surface area contributed by atoms with Crippen molar-refractivity contribution in [3.8, 4) is 5.75 Å². The maximum absolute atomic E-state index is 7.26. The van der Waals surface area contributed by atoms with Crippen LogP contribution in [-0.2, 0) is 0 Å². The van der Waals surface area contributed by atoms with Crippen LogP contribution in [0.5, 0.6) is 5.75 Å². The molecule has 0 amide bonds. The molecule has 0 atom stereocenters. The zero-order valence-corrected chi connectivity index (χ0v) is 7.74. The molecule has 0 aliphatic heterocycles. The molecule has 0 aliphatic carbocycles. The third kappa shape index (κ3) is 1.90. The number of hydrogen-bond acceptors (Lipinski definition) is 2. The monoisotopic (exact) mass is 179 g/mol. The number of rotatable bonds is 2. The molecule has 3 N–H and O–H groups in total. The molecule has 70 valence electrons. The van der Waals surface area contributed by atoms with E-state index in [1.165, 1.54) is 0 Å². The molecule has 0 saturated heterocycles. The van der Waals surface area contributed by atoms with Crippen LogP contribution in [0, 0.1) is 5.41 Å². The molecule has 1 rings (SSSR count). The Morgan fingerprint density at radius 2 is 2.08 bits per heavy atom. The number of benzene rings is 1. The number of nitrogens with zero attached hydrogens (tertiary/aromatic N) is 1. The van der Waals surface area contributed by atoms with Crippen molar-refractivity contribution in [3.63, 3.8) is 0 Å². The van der Waals surface area contributed by atoms with Gasteiger partial charge in [-0.05, 0) is 12.1 Å². The molecule has 1 aromatic rings. The highest BCUT2D eigenvalue weighted by Crippen LogP contribution is 2.25. The fourth-order valence-electron chi connectivity index (χ4n) is 1.04. The van der Waals surface area contributed by atoms with Crippen LogP contribution in [0.2, 0.25) is 0 Å². The van der Waals surface area contributed by atoms with Crippen molar-refractivity contribution in [3.05, 3.63) is 24.3 Å². The first-order valence-corrected chi connectivity index (χ1v) is 3.87. The zero-order valence-electron chi connectivity index (χ0n) is 7.74. The second-order valence-electron chi connectivity index (χ2n) is 2.62. The number of anilines is 1. The summed E-state index contributed by atoms with van der Waals surface area (Å²) < 4.78 is 5.12. The Morgan fingerprint density at radius 3 is 2.62 bits per heavy atom. The Kier molecular flexibility index (Phi) is 2.74. The lowest BCUT2D eigenvalue weighted by Gasteiger charge is -2.19. The number of hydrogen-bond donors (Lipinski definition) is 2. The Balaban J connectivity index is 3.05. The second-order valence-corrected chi connectivity index (χ2v) is 2.62. The molecule has 0 aromatic heterocycles. The van der Waals surface area contributed by atoms with E-state index in [4.69, 9.17) is 15.9 Å². The van der Waals surface area contributed by atoms with Crippen LogP contribution in [0.1, 0.15) is 0 Å². The number of para-hydroxylation sites is 2. The van der Waals surface area contributed by atoms with Gasteiger partial charge in [-0.15, -0.1) is 0 Å². The quantitative estimate of drug-likeness (QED) is 0.526. The Labute approximate surface area is 77.4 Å². The summed E-state index contributed by atoms with van der Waals surface area (Å²) in [4.78, 5) is 1.55. The van der Waals surface area contributed by atoms with Gasteiger partial charge in [-0.25, -0.2) is 0 Å². The molecule has 4 heteroatoms. The van der Waals surface area contributed by atoms with Crippen LogP contribution in [0.25, 0.3) is 0 Å². The van der Waals surface area contributed by atoms with Gasteiger partial charge in [0, 0.05) is 7.05 Å². The fraction of sp³-hybridized carbons (Fsp3) is 0.222. The topological polar surface area (TPSA) is 62.3 Å². The number of nitrogens with one attached hydrogen (secondary N) is 1. The Hall–Kier alpha value is -1.71. The van der Waals surface area contributed by atoms with Gasteiger partial charge in [0.25, 0.3) is 0 Å². The van der Waals surface area contributed by atoms with Gasteiger partial charge in [-0.3, -0.25) is 5.41 Å². The van der Waals surface area contributed by atoms with Crippen molar-refractivity contribution in [2.45, 2.75) is 0 Å². The van der Waals surface area contributed by atoms with Gasteiger partial charge >= 0.3 is 0 Å². The van der Waals surface area contributed by atoms with Gasteiger partial charge in [0.15, 0.2) is 5.96 Å². The summed E-state index contributed by atoms with van der Waals surface area (Å²) in [5.74, 6) is 0.699. The number of methoxy groups -OCH3 is 1. The highest BCUT2D eigenvalue weighted by molar-refractivity contribution is 5.93. The van der Waals surface area contributed by atoms with Crippen molar-refractivity contribution in [2.24, 2.45) is 5.73 Å². The largest absolute Gasteiger partial charge is 0.495 e. The first-order valence-electron chi connectivity index (χ1n) is 3.87. The minimum Gasteiger partial charge on any atom is -0.495 e. The summed E-state index contributed by atoms with van der Waals surface area (Å²) in [5, 5.41) is 7.26. The minimum atomic E-state index is -0.00972. The zero-order chi connectivity index (χ0) is 9.84. The fourth-order valence-corrected chi connectivity index (χ4v) is 1.04.